The van der Waals surface area contributed by atoms with Gasteiger partial charge in [-0.25, -0.2) is 0 Å². The van der Waals surface area contributed by atoms with Gasteiger partial charge in [-0.1, -0.05) is 73.5 Å². The maximum absolute atomic E-state index is 6.27. The van der Waals surface area contributed by atoms with Crippen LogP contribution in [0.2, 0.25) is 0 Å². The Balaban J connectivity index is 1.27. The van der Waals surface area contributed by atoms with Gasteiger partial charge in [0.1, 0.15) is 11.5 Å². The molecular formula is C28H28O2. The van der Waals surface area contributed by atoms with Crippen molar-refractivity contribution in [3.63, 3.8) is 0 Å². The molecule has 2 nitrogen and oxygen atoms in total. The summed E-state index contributed by atoms with van der Waals surface area (Å²) in [5, 5.41) is 4.94. The summed E-state index contributed by atoms with van der Waals surface area (Å²) >= 11 is 0. The fraction of sp³-hybridized carbons (Fsp3) is 0.286. The van der Waals surface area contributed by atoms with Gasteiger partial charge in [-0.2, -0.15) is 0 Å². The van der Waals surface area contributed by atoms with Crippen LogP contribution in [0.4, 0.5) is 0 Å². The highest BCUT2D eigenvalue weighted by atomic mass is 16.5. The van der Waals surface area contributed by atoms with Crippen LogP contribution in [0.1, 0.15) is 25.7 Å². The molecule has 0 N–H and O–H groups in total. The molecule has 0 bridgehead atoms. The highest BCUT2D eigenvalue weighted by Gasteiger charge is 2.26. The van der Waals surface area contributed by atoms with Gasteiger partial charge in [0.05, 0.1) is 13.2 Å². The van der Waals surface area contributed by atoms with Gasteiger partial charge in [-0.05, 0) is 64.6 Å². The summed E-state index contributed by atoms with van der Waals surface area (Å²) < 4.78 is 12.5. The Labute approximate surface area is 178 Å². The first-order chi connectivity index (χ1) is 14.8. The van der Waals surface area contributed by atoms with Crippen molar-refractivity contribution in [1.29, 1.82) is 0 Å². The smallest absolute Gasteiger partial charge is 0.119 e. The molecule has 0 aliphatic heterocycles. The Bertz CT molecular complexity index is 1040. The highest BCUT2D eigenvalue weighted by Crippen LogP contribution is 2.33. The van der Waals surface area contributed by atoms with Gasteiger partial charge in [0.25, 0.3) is 0 Å². The first kappa shape index (κ1) is 19.0. The summed E-state index contributed by atoms with van der Waals surface area (Å²) in [7, 11) is 0. The largest absolute Gasteiger partial charge is 0.493 e. The quantitative estimate of drug-likeness (QED) is 0.327. The van der Waals surface area contributed by atoms with E-state index in [1.165, 1.54) is 47.2 Å². The molecule has 0 saturated heterocycles. The Morgan fingerprint density at radius 2 is 1.07 bits per heavy atom. The van der Waals surface area contributed by atoms with Crippen molar-refractivity contribution in [2.75, 3.05) is 13.2 Å². The number of hydrogen-bond acceptors (Lipinski definition) is 2. The molecular weight excluding hydrogens is 368 g/mol. The van der Waals surface area contributed by atoms with Crippen molar-refractivity contribution in [2.24, 2.45) is 11.8 Å². The number of ether oxygens (including phenoxy) is 2. The van der Waals surface area contributed by atoms with Crippen LogP contribution in [-0.2, 0) is 0 Å². The molecule has 0 atom stereocenters. The van der Waals surface area contributed by atoms with Crippen molar-refractivity contribution in [3.8, 4) is 11.5 Å². The SMILES string of the molecule is c1ccc2cc(OCC(COc3ccc4ccccc4c3)C3CCCC3)ccc2c1. The number of benzene rings is 4. The fourth-order valence-corrected chi connectivity index (χ4v) is 4.67. The Morgan fingerprint density at radius 1 is 0.600 bits per heavy atom. The molecule has 2 heteroatoms. The van der Waals surface area contributed by atoms with E-state index in [2.05, 4.69) is 84.9 Å². The van der Waals surface area contributed by atoms with Crippen molar-refractivity contribution in [3.05, 3.63) is 84.9 Å². The summed E-state index contributed by atoms with van der Waals surface area (Å²) in [6.07, 6.45) is 5.22. The molecule has 0 aromatic heterocycles. The van der Waals surface area contributed by atoms with Crippen molar-refractivity contribution in [2.45, 2.75) is 25.7 Å². The molecule has 0 heterocycles. The lowest BCUT2D eigenvalue weighted by Crippen LogP contribution is -2.26. The summed E-state index contributed by atoms with van der Waals surface area (Å²) in [5.41, 5.74) is 0. The van der Waals surface area contributed by atoms with E-state index < -0.39 is 0 Å². The van der Waals surface area contributed by atoms with Gasteiger partial charge in [0.15, 0.2) is 0 Å². The first-order valence-electron chi connectivity index (χ1n) is 11.1. The van der Waals surface area contributed by atoms with Gasteiger partial charge in [-0.3, -0.25) is 0 Å². The molecule has 152 valence electrons. The third-order valence-electron chi connectivity index (χ3n) is 6.44. The summed E-state index contributed by atoms with van der Waals surface area (Å²) in [4.78, 5) is 0. The average molecular weight is 397 g/mol. The molecule has 0 unspecified atom stereocenters. The molecule has 0 amide bonds. The minimum atomic E-state index is 0.408. The van der Waals surface area contributed by atoms with E-state index in [-0.39, 0.29) is 0 Å². The van der Waals surface area contributed by atoms with Gasteiger partial charge in [-0.15, -0.1) is 0 Å². The lowest BCUT2D eigenvalue weighted by atomic mass is 9.92. The van der Waals surface area contributed by atoms with Gasteiger partial charge < -0.3 is 9.47 Å². The molecule has 1 saturated carbocycles. The zero-order chi connectivity index (χ0) is 20.2. The van der Waals surface area contributed by atoms with Gasteiger partial charge in [0, 0.05) is 5.92 Å². The van der Waals surface area contributed by atoms with E-state index in [0.717, 1.165) is 11.5 Å². The molecule has 0 spiro atoms. The molecule has 0 radical (unpaired) electrons. The van der Waals surface area contributed by atoms with Crippen molar-refractivity contribution < 1.29 is 9.47 Å². The van der Waals surface area contributed by atoms with Crippen LogP contribution in [-0.4, -0.2) is 13.2 Å². The monoisotopic (exact) mass is 396 g/mol. The first-order valence-corrected chi connectivity index (χ1v) is 11.1. The molecule has 1 fully saturated rings. The van der Waals surface area contributed by atoms with E-state index in [0.29, 0.717) is 25.0 Å². The van der Waals surface area contributed by atoms with Crippen LogP contribution in [0, 0.1) is 11.8 Å². The summed E-state index contributed by atoms with van der Waals surface area (Å²) in [6, 6.07) is 29.6. The van der Waals surface area contributed by atoms with Crippen LogP contribution in [0.15, 0.2) is 84.9 Å². The third kappa shape index (κ3) is 4.28. The van der Waals surface area contributed by atoms with Crippen molar-refractivity contribution in [1.82, 2.24) is 0 Å². The summed E-state index contributed by atoms with van der Waals surface area (Å²) in [5.74, 6) is 2.99. The van der Waals surface area contributed by atoms with Crippen LogP contribution < -0.4 is 9.47 Å². The predicted molar refractivity (Wildman–Crippen MR) is 124 cm³/mol. The third-order valence-corrected chi connectivity index (χ3v) is 6.44. The molecule has 5 rings (SSSR count). The molecule has 30 heavy (non-hydrogen) atoms. The van der Waals surface area contributed by atoms with Crippen LogP contribution in [0.5, 0.6) is 11.5 Å². The molecule has 4 aromatic rings. The molecule has 4 aromatic carbocycles. The number of fused-ring (bicyclic) bond motifs is 2. The zero-order valence-corrected chi connectivity index (χ0v) is 17.3. The Kier molecular flexibility index (Phi) is 5.56. The normalized spacial score (nSPS) is 14.6. The number of hydrogen-bond donors (Lipinski definition) is 0. The standard InChI is InChI=1S/C28H28O2/c1-2-8-21(7-1)26(19-29-27-15-13-22-9-3-5-11-24(22)17-27)20-30-28-16-14-23-10-4-6-12-25(23)18-28/h3-6,9-18,21,26H,1-2,7-8,19-20H2. The fourth-order valence-electron chi connectivity index (χ4n) is 4.67. The second kappa shape index (κ2) is 8.79. The zero-order valence-electron chi connectivity index (χ0n) is 17.3. The topological polar surface area (TPSA) is 18.5 Å². The maximum Gasteiger partial charge on any atom is 0.119 e. The Morgan fingerprint density at radius 3 is 1.57 bits per heavy atom. The average Bonchev–Trinajstić information content (AvgIpc) is 3.33. The molecule has 1 aliphatic rings. The van der Waals surface area contributed by atoms with Crippen LogP contribution in [0.25, 0.3) is 21.5 Å². The van der Waals surface area contributed by atoms with Crippen LogP contribution in [0.3, 0.4) is 0 Å². The van der Waals surface area contributed by atoms with E-state index >= 15 is 0 Å². The summed E-state index contributed by atoms with van der Waals surface area (Å²) in [6.45, 7) is 1.41. The van der Waals surface area contributed by atoms with Gasteiger partial charge in [0.2, 0.25) is 0 Å². The Hall–Kier alpha value is -3.00. The lowest BCUT2D eigenvalue weighted by molar-refractivity contribution is 0.131. The minimum Gasteiger partial charge on any atom is -0.493 e. The van der Waals surface area contributed by atoms with E-state index in [4.69, 9.17) is 9.47 Å². The van der Waals surface area contributed by atoms with Crippen molar-refractivity contribution >= 4 is 21.5 Å². The second-order valence-corrected chi connectivity index (χ2v) is 8.44. The maximum atomic E-state index is 6.27. The molecule has 1 aliphatic carbocycles. The predicted octanol–water partition coefficient (Wildman–Crippen LogP) is 7.26. The van der Waals surface area contributed by atoms with Gasteiger partial charge >= 0.3 is 0 Å². The van der Waals surface area contributed by atoms with Crippen LogP contribution >= 0.6 is 0 Å². The second-order valence-electron chi connectivity index (χ2n) is 8.44. The van der Waals surface area contributed by atoms with E-state index in [9.17, 15) is 0 Å². The lowest BCUT2D eigenvalue weighted by Gasteiger charge is -2.24. The van der Waals surface area contributed by atoms with E-state index in [1.54, 1.807) is 0 Å². The highest BCUT2D eigenvalue weighted by molar-refractivity contribution is 5.84. The number of rotatable bonds is 7. The van der Waals surface area contributed by atoms with E-state index in [1.807, 2.05) is 0 Å². The minimum absolute atomic E-state index is 0.408.